The highest BCUT2D eigenvalue weighted by molar-refractivity contribution is 5.46. The average molecular weight is 306 g/mol. The second-order valence-electron chi connectivity index (χ2n) is 8.71. The number of rotatable bonds is 2. The minimum atomic E-state index is 0.286. The smallest absolute Gasteiger partial charge is 0.00611 e. The molecule has 0 bridgehead atoms. The Balaban J connectivity index is 2.04. The molecule has 0 heterocycles. The summed E-state index contributed by atoms with van der Waals surface area (Å²) in [7, 11) is 0. The Hall–Kier alpha value is -1.56. The van der Waals surface area contributed by atoms with E-state index in [1.165, 1.54) is 29.5 Å². The second-order valence-corrected chi connectivity index (χ2v) is 8.71. The highest BCUT2D eigenvalue weighted by Gasteiger charge is 2.37. The van der Waals surface area contributed by atoms with Crippen LogP contribution in [0.3, 0.4) is 0 Å². The summed E-state index contributed by atoms with van der Waals surface area (Å²) in [5.74, 6) is 0.446. The van der Waals surface area contributed by atoms with Crippen molar-refractivity contribution in [3.8, 4) is 0 Å². The molecule has 0 aromatic heterocycles. The normalized spacial score (nSPS) is 19.9. The van der Waals surface area contributed by atoms with E-state index in [0.29, 0.717) is 11.3 Å². The molecule has 0 N–H and O–H groups in total. The number of fused-ring (bicyclic) bond motifs is 1. The Kier molecular flexibility index (Phi) is 3.91. The molecular formula is C23H30. The third-order valence-corrected chi connectivity index (χ3v) is 5.95. The largest absolute Gasteiger partial charge is 0.0590 e. The molecule has 0 aliphatic heterocycles. The molecule has 1 aliphatic carbocycles. The van der Waals surface area contributed by atoms with E-state index in [9.17, 15) is 0 Å². The van der Waals surface area contributed by atoms with Crippen LogP contribution in [0.5, 0.6) is 0 Å². The maximum atomic E-state index is 2.49. The van der Waals surface area contributed by atoms with Crippen LogP contribution in [0.25, 0.3) is 0 Å². The summed E-state index contributed by atoms with van der Waals surface area (Å²) < 4.78 is 0. The lowest BCUT2D eigenvalue weighted by Crippen LogP contribution is -2.34. The quantitative estimate of drug-likeness (QED) is 0.594. The van der Waals surface area contributed by atoms with Gasteiger partial charge in [-0.25, -0.2) is 0 Å². The molecule has 0 saturated carbocycles. The fourth-order valence-electron chi connectivity index (χ4n) is 3.92. The van der Waals surface area contributed by atoms with Gasteiger partial charge >= 0.3 is 0 Å². The SMILES string of the molecule is Cc1ccc(C(C)c2ccc3c(c2)C(C)(C)CCC3(C)C)cc1. The van der Waals surface area contributed by atoms with Gasteiger partial charge in [0.15, 0.2) is 0 Å². The average Bonchev–Trinajstić information content (AvgIpc) is 2.52. The van der Waals surface area contributed by atoms with Crippen LogP contribution in [0.4, 0.5) is 0 Å². The molecular weight excluding hydrogens is 276 g/mol. The second kappa shape index (κ2) is 5.51. The monoisotopic (exact) mass is 306 g/mol. The first-order valence-corrected chi connectivity index (χ1v) is 8.92. The van der Waals surface area contributed by atoms with Crippen LogP contribution in [-0.4, -0.2) is 0 Å². The zero-order valence-electron chi connectivity index (χ0n) is 15.5. The molecule has 0 radical (unpaired) electrons. The summed E-state index contributed by atoms with van der Waals surface area (Å²) >= 11 is 0. The van der Waals surface area contributed by atoms with Crippen molar-refractivity contribution in [2.45, 2.75) is 71.1 Å². The Morgan fingerprint density at radius 2 is 1.26 bits per heavy atom. The van der Waals surface area contributed by atoms with Crippen LogP contribution in [-0.2, 0) is 10.8 Å². The van der Waals surface area contributed by atoms with Gasteiger partial charge in [0, 0.05) is 5.92 Å². The topological polar surface area (TPSA) is 0 Å². The molecule has 2 aromatic rings. The van der Waals surface area contributed by atoms with Gasteiger partial charge in [0.25, 0.3) is 0 Å². The van der Waals surface area contributed by atoms with E-state index in [1.807, 2.05) is 0 Å². The predicted octanol–water partition coefficient (Wildman–Crippen LogP) is 6.50. The van der Waals surface area contributed by atoms with Gasteiger partial charge in [0.05, 0.1) is 0 Å². The maximum Gasteiger partial charge on any atom is 0.00611 e. The maximum absolute atomic E-state index is 2.49. The first kappa shape index (κ1) is 16.3. The Morgan fingerprint density at radius 3 is 1.87 bits per heavy atom. The van der Waals surface area contributed by atoms with Crippen molar-refractivity contribution >= 4 is 0 Å². The van der Waals surface area contributed by atoms with E-state index >= 15 is 0 Å². The Bertz CT molecular complexity index is 701. The highest BCUT2D eigenvalue weighted by atomic mass is 14.4. The van der Waals surface area contributed by atoms with E-state index in [2.05, 4.69) is 84.0 Å². The molecule has 122 valence electrons. The molecule has 1 atom stereocenters. The van der Waals surface area contributed by atoms with Crippen molar-refractivity contribution in [2.75, 3.05) is 0 Å². The lowest BCUT2D eigenvalue weighted by Gasteiger charge is -2.42. The van der Waals surface area contributed by atoms with Crippen molar-refractivity contribution in [3.05, 3.63) is 70.3 Å². The lowest BCUT2D eigenvalue weighted by molar-refractivity contribution is 0.331. The fraction of sp³-hybridized carbons (Fsp3) is 0.478. The molecule has 23 heavy (non-hydrogen) atoms. The summed E-state index contributed by atoms with van der Waals surface area (Å²) in [5, 5.41) is 0. The zero-order valence-corrected chi connectivity index (χ0v) is 15.5. The molecule has 0 amide bonds. The minimum Gasteiger partial charge on any atom is -0.0590 e. The first-order chi connectivity index (χ1) is 10.7. The molecule has 0 heteroatoms. The van der Waals surface area contributed by atoms with E-state index in [-0.39, 0.29) is 5.41 Å². The Morgan fingerprint density at radius 1 is 0.739 bits per heavy atom. The lowest BCUT2D eigenvalue weighted by atomic mass is 9.62. The molecule has 0 nitrogen and oxygen atoms in total. The van der Waals surface area contributed by atoms with Gasteiger partial charge in [-0.1, -0.05) is 82.6 Å². The van der Waals surface area contributed by atoms with Crippen molar-refractivity contribution in [1.29, 1.82) is 0 Å². The van der Waals surface area contributed by atoms with Gasteiger partial charge in [-0.3, -0.25) is 0 Å². The highest BCUT2D eigenvalue weighted by Crippen LogP contribution is 2.46. The van der Waals surface area contributed by atoms with Gasteiger partial charge in [-0.15, -0.1) is 0 Å². The fourth-order valence-corrected chi connectivity index (χ4v) is 3.92. The van der Waals surface area contributed by atoms with Crippen LogP contribution in [0, 0.1) is 6.92 Å². The summed E-state index contributed by atoms with van der Waals surface area (Å²) in [6.45, 7) is 14.1. The van der Waals surface area contributed by atoms with Gasteiger partial charge in [-0.2, -0.15) is 0 Å². The van der Waals surface area contributed by atoms with Gasteiger partial charge in [0.2, 0.25) is 0 Å². The summed E-state index contributed by atoms with van der Waals surface area (Å²) in [5.41, 5.74) is 7.87. The third-order valence-electron chi connectivity index (χ3n) is 5.95. The van der Waals surface area contributed by atoms with E-state index in [0.717, 1.165) is 0 Å². The van der Waals surface area contributed by atoms with Crippen molar-refractivity contribution in [1.82, 2.24) is 0 Å². The molecule has 3 rings (SSSR count). The van der Waals surface area contributed by atoms with Gasteiger partial charge < -0.3 is 0 Å². The van der Waals surface area contributed by atoms with E-state index in [4.69, 9.17) is 0 Å². The van der Waals surface area contributed by atoms with Crippen LogP contribution < -0.4 is 0 Å². The Labute approximate surface area is 141 Å². The van der Waals surface area contributed by atoms with Crippen LogP contribution in [0.2, 0.25) is 0 Å². The van der Waals surface area contributed by atoms with Crippen molar-refractivity contribution in [3.63, 3.8) is 0 Å². The summed E-state index contributed by atoms with van der Waals surface area (Å²) in [6.07, 6.45) is 2.55. The van der Waals surface area contributed by atoms with Crippen LogP contribution in [0.15, 0.2) is 42.5 Å². The van der Waals surface area contributed by atoms with Crippen LogP contribution >= 0.6 is 0 Å². The molecule has 2 aromatic carbocycles. The van der Waals surface area contributed by atoms with Crippen molar-refractivity contribution < 1.29 is 0 Å². The van der Waals surface area contributed by atoms with Gasteiger partial charge in [0.1, 0.15) is 0 Å². The summed E-state index contributed by atoms with van der Waals surface area (Å²) in [6, 6.07) is 16.2. The van der Waals surface area contributed by atoms with Gasteiger partial charge in [-0.05, 0) is 52.8 Å². The number of hydrogen-bond acceptors (Lipinski definition) is 0. The standard InChI is InChI=1S/C23H30/c1-16-7-9-18(10-8-16)17(2)19-11-12-20-21(15-19)23(5,6)14-13-22(20,3)4/h7-12,15,17H,13-14H2,1-6H3. The molecule has 0 saturated heterocycles. The zero-order chi connectivity index (χ0) is 16.8. The number of benzene rings is 2. The predicted molar refractivity (Wildman–Crippen MR) is 100 cm³/mol. The van der Waals surface area contributed by atoms with Crippen molar-refractivity contribution in [2.24, 2.45) is 0 Å². The van der Waals surface area contributed by atoms with E-state index < -0.39 is 0 Å². The minimum absolute atomic E-state index is 0.286. The number of hydrogen-bond donors (Lipinski definition) is 0. The molecule has 0 fully saturated rings. The molecule has 1 aliphatic rings. The number of aryl methyl sites for hydroxylation is 1. The first-order valence-electron chi connectivity index (χ1n) is 8.92. The third kappa shape index (κ3) is 2.96. The molecule has 1 unspecified atom stereocenters. The van der Waals surface area contributed by atoms with Crippen LogP contribution in [0.1, 0.15) is 81.2 Å². The molecule has 0 spiro atoms. The summed E-state index contributed by atoms with van der Waals surface area (Å²) in [4.78, 5) is 0. The van der Waals surface area contributed by atoms with E-state index in [1.54, 1.807) is 11.1 Å².